The summed E-state index contributed by atoms with van der Waals surface area (Å²) in [6, 6.07) is 0. The van der Waals surface area contributed by atoms with Crippen molar-refractivity contribution >= 4 is 15.9 Å². The van der Waals surface area contributed by atoms with Gasteiger partial charge < -0.3 is 0 Å². The summed E-state index contributed by atoms with van der Waals surface area (Å²) in [6.07, 6.45) is 0. The van der Waals surface area contributed by atoms with Crippen molar-refractivity contribution < 1.29 is 0 Å². The average molecular weight is 203 g/mol. The fraction of sp³-hybridized carbons (Fsp3) is 0.571. The summed E-state index contributed by atoms with van der Waals surface area (Å²) >= 11 is 3.38. The second kappa shape index (κ2) is 2.74. The maximum absolute atomic E-state index is 4.26. The van der Waals surface area contributed by atoms with Gasteiger partial charge in [-0.1, -0.05) is 0 Å². The number of halogens is 1. The monoisotopic (exact) mass is 202 g/mol. The fourth-order valence-electron chi connectivity index (χ4n) is 0.907. The molecule has 56 valence electrons. The van der Waals surface area contributed by atoms with Crippen LogP contribution < -0.4 is 0 Å². The Balaban J connectivity index is 3.17. The third-order valence-corrected chi connectivity index (χ3v) is 2.50. The van der Waals surface area contributed by atoms with Crippen LogP contribution in [0.15, 0.2) is 4.60 Å². The molecule has 1 aromatic rings. The van der Waals surface area contributed by atoms with E-state index in [0.717, 1.165) is 11.1 Å². The van der Waals surface area contributed by atoms with E-state index in [2.05, 4.69) is 41.8 Å². The summed E-state index contributed by atoms with van der Waals surface area (Å²) in [5.74, 6) is 0. The molecule has 0 spiro atoms. The average Bonchev–Trinajstić information content (AvgIpc) is 2.17. The highest BCUT2D eigenvalue weighted by Crippen LogP contribution is 2.17. The van der Waals surface area contributed by atoms with Gasteiger partial charge in [-0.25, -0.2) is 0 Å². The fourth-order valence-corrected chi connectivity index (χ4v) is 1.39. The minimum absolute atomic E-state index is 0.943. The quantitative estimate of drug-likeness (QED) is 0.684. The number of hydrogen-bond acceptors (Lipinski definition) is 1. The lowest BCUT2D eigenvalue weighted by Gasteiger charge is -1.96. The molecule has 0 aliphatic heterocycles. The Hall–Kier alpha value is -0.310. The van der Waals surface area contributed by atoms with Crippen LogP contribution in [0.4, 0.5) is 0 Å². The highest BCUT2D eigenvalue weighted by Gasteiger charge is 2.05. The lowest BCUT2D eigenvalue weighted by Crippen LogP contribution is -1.98. The van der Waals surface area contributed by atoms with E-state index in [1.165, 1.54) is 11.3 Å². The van der Waals surface area contributed by atoms with E-state index in [1.807, 2.05) is 4.68 Å². The van der Waals surface area contributed by atoms with Crippen molar-refractivity contribution in [2.75, 3.05) is 0 Å². The van der Waals surface area contributed by atoms with Gasteiger partial charge in [0, 0.05) is 17.8 Å². The lowest BCUT2D eigenvalue weighted by atomic mass is 10.3. The Morgan fingerprint density at radius 2 is 2.10 bits per heavy atom. The lowest BCUT2D eigenvalue weighted by molar-refractivity contribution is 0.635. The number of nitrogens with zero attached hydrogens (tertiary/aromatic N) is 2. The third-order valence-electron chi connectivity index (χ3n) is 1.75. The van der Waals surface area contributed by atoms with Gasteiger partial charge in [-0.2, -0.15) is 5.10 Å². The van der Waals surface area contributed by atoms with Gasteiger partial charge in [-0.3, -0.25) is 4.68 Å². The SMILES string of the molecule is CCn1nc(Br)c(C)c1C. The molecule has 0 bridgehead atoms. The van der Waals surface area contributed by atoms with E-state index in [0.29, 0.717) is 0 Å². The molecule has 0 saturated heterocycles. The molecule has 2 nitrogen and oxygen atoms in total. The number of hydrogen-bond donors (Lipinski definition) is 0. The minimum atomic E-state index is 0.943. The molecule has 3 heteroatoms. The molecule has 0 aliphatic rings. The molecule has 10 heavy (non-hydrogen) atoms. The molecule has 0 aliphatic carbocycles. The smallest absolute Gasteiger partial charge is 0.131 e. The Morgan fingerprint density at radius 1 is 1.50 bits per heavy atom. The summed E-state index contributed by atoms with van der Waals surface area (Å²) in [5.41, 5.74) is 2.48. The van der Waals surface area contributed by atoms with Gasteiger partial charge in [0.2, 0.25) is 0 Å². The van der Waals surface area contributed by atoms with Gasteiger partial charge in [0.05, 0.1) is 0 Å². The van der Waals surface area contributed by atoms with Crippen molar-refractivity contribution in [2.24, 2.45) is 0 Å². The topological polar surface area (TPSA) is 17.8 Å². The van der Waals surface area contributed by atoms with Crippen LogP contribution in [-0.2, 0) is 6.54 Å². The van der Waals surface area contributed by atoms with Crippen molar-refractivity contribution in [1.82, 2.24) is 9.78 Å². The molecule has 1 heterocycles. The molecule has 0 atom stereocenters. The first-order valence-corrected chi connectivity index (χ1v) is 4.15. The Bertz CT molecular complexity index is 240. The van der Waals surface area contributed by atoms with Crippen molar-refractivity contribution in [3.8, 4) is 0 Å². The maximum atomic E-state index is 4.26. The summed E-state index contributed by atoms with van der Waals surface area (Å²) in [6.45, 7) is 7.18. The molecule has 0 aromatic carbocycles. The molecular formula is C7H11BrN2. The molecule has 0 unspecified atom stereocenters. The molecule has 1 aromatic heterocycles. The second-order valence-electron chi connectivity index (χ2n) is 2.32. The van der Waals surface area contributed by atoms with Crippen LogP contribution in [-0.4, -0.2) is 9.78 Å². The first-order valence-electron chi connectivity index (χ1n) is 3.36. The number of aryl methyl sites for hydroxylation is 1. The van der Waals surface area contributed by atoms with E-state index < -0.39 is 0 Å². The maximum Gasteiger partial charge on any atom is 0.131 e. The van der Waals surface area contributed by atoms with Crippen LogP contribution in [0.2, 0.25) is 0 Å². The van der Waals surface area contributed by atoms with Crippen molar-refractivity contribution in [3.63, 3.8) is 0 Å². The predicted molar refractivity (Wildman–Crippen MR) is 45.1 cm³/mol. The largest absolute Gasteiger partial charge is 0.269 e. The number of aromatic nitrogens is 2. The normalized spacial score (nSPS) is 10.4. The molecule has 1 rings (SSSR count). The molecule has 0 amide bonds. The second-order valence-corrected chi connectivity index (χ2v) is 3.07. The summed E-state index contributed by atoms with van der Waals surface area (Å²) in [4.78, 5) is 0. The van der Waals surface area contributed by atoms with E-state index in [-0.39, 0.29) is 0 Å². The first kappa shape index (κ1) is 7.79. The third kappa shape index (κ3) is 1.10. The van der Waals surface area contributed by atoms with Crippen LogP contribution in [0.1, 0.15) is 18.2 Å². The summed E-state index contributed by atoms with van der Waals surface area (Å²) < 4.78 is 2.95. The van der Waals surface area contributed by atoms with Crippen molar-refractivity contribution in [2.45, 2.75) is 27.3 Å². The molecule has 0 fully saturated rings. The molecule has 0 radical (unpaired) electrons. The molecular weight excluding hydrogens is 192 g/mol. The van der Waals surface area contributed by atoms with Crippen molar-refractivity contribution in [1.29, 1.82) is 0 Å². The Kier molecular flexibility index (Phi) is 2.14. The van der Waals surface area contributed by atoms with E-state index in [1.54, 1.807) is 0 Å². The van der Waals surface area contributed by atoms with Crippen LogP contribution in [0.5, 0.6) is 0 Å². The molecule has 0 N–H and O–H groups in total. The zero-order chi connectivity index (χ0) is 7.72. The first-order chi connectivity index (χ1) is 4.66. The minimum Gasteiger partial charge on any atom is -0.269 e. The van der Waals surface area contributed by atoms with Crippen molar-refractivity contribution in [3.05, 3.63) is 15.9 Å². The van der Waals surface area contributed by atoms with Crippen LogP contribution in [0, 0.1) is 13.8 Å². The van der Waals surface area contributed by atoms with Gasteiger partial charge in [0.1, 0.15) is 4.60 Å². The highest BCUT2D eigenvalue weighted by atomic mass is 79.9. The van der Waals surface area contributed by atoms with Crippen LogP contribution in [0.3, 0.4) is 0 Å². The van der Waals surface area contributed by atoms with Gasteiger partial charge in [0.25, 0.3) is 0 Å². The highest BCUT2D eigenvalue weighted by molar-refractivity contribution is 9.10. The van der Waals surface area contributed by atoms with Crippen LogP contribution in [0.25, 0.3) is 0 Å². The van der Waals surface area contributed by atoms with E-state index in [4.69, 9.17) is 0 Å². The number of rotatable bonds is 1. The van der Waals surface area contributed by atoms with Gasteiger partial charge in [-0.05, 0) is 36.7 Å². The van der Waals surface area contributed by atoms with Gasteiger partial charge >= 0.3 is 0 Å². The zero-order valence-corrected chi connectivity index (χ0v) is 8.07. The van der Waals surface area contributed by atoms with Gasteiger partial charge in [-0.15, -0.1) is 0 Å². The standard InChI is InChI=1S/C7H11BrN2/c1-4-10-6(3)5(2)7(8)9-10/h4H2,1-3H3. The van der Waals surface area contributed by atoms with Crippen LogP contribution >= 0.6 is 15.9 Å². The summed E-state index contributed by atoms with van der Waals surface area (Å²) in [7, 11) is 0. The van der Waals surface area contributed by atoms with Gasteiger partial charge in [0.15, 0.2) is 0 Å². The molecule has 0 saturated carbocycles. The van der Waals surface area contributed by atoms with E-state index >= 15 is 0 Å². The zero-order valence-electron chi connectivity index (χ0n) is 6.48. The predicted octanol–water partition coefficient (Wildman–Crippen LogP) is 2.28. The summed E-state index contributed by atoms with van der Waals surface area (Å²) in [5, 5.41) is 4.26. The Morgan fingerprint density at radius 3 is 2.30 bits per heavy atom. The van der Waals surface area contributed by atoms with E-state index in [9.17, 15) is 0 Å². The Labute approximate surface area is 69.4 Å².